The normalized spacial score (nSPS) is 30.2. The van der Waals surface area contributed by atoms with Gasteiger partial charge in [0, 0.05) is 6.42 Å². The lowest BCUT2D eigenvalue weighted by molar-refractivity contribution is -0.298. The highest BCUT2D eigenvalue weighted by molar-refractivity contribution is 5.88. The lowest BCUT2D eigenvalue weighted by atomic mass is 10.0. The standard InChI is InChI=1S/C25H34N2O8/c1-15-19-20(33-25(5,6)32-19)21(26-17(12-13-18(26)28)22(29)34-24(2,3)4)35-27(15)23(30)31-14-16-10-8-7-9-11-16/h7-11,15,17,19-21H,12-14H2,1-6H3/t15-,17-,19-,20-,21-/m0/s1. The molecule has 10 heteroatoms. The molecule has 35 heavy (non-hydrogen) atoms. The van der Waals surface area contributed by atoms with E-state index in [0.717, 1.165) is 10.6 Å². The topological polar surface area (TPSA) is 104 Å². The molecule has 1 aromatic carbocycles. The minimum absolute atomic E-state index is 0.0526. The van der Waals surface area contributed by atoms with Crippen LogP contribution in [0.1, 0.15) is 59.9 Å². The number of amides is 2. The van der Waals surface area contributed by atoms with Gasteiger partial charge in [-0.25, -0.2) is 14.4 Å². The van der Waals surface area contributed by atoms with Crippen LogP contribution < -0.4 is 0 Å². The zero-order valence-electron chi connectivity index (χ0n) is 21.1. The molecular formula is C25H34N2O8. The monoisotopic (exact) mass is 490 g/mol. The first-order valence-electron chi connectivity index (χ1n) is 11.9. The van der Waals surface area contributed by atoms with E-state index in [1.54, 1.807) is 41.5 Å². The lowest BCUT2D eigenvalue weighted by Gasteiger charge is -2.45. The first kappa shape index (κ1) is 25.4. The molecule has 0 spiro atoms. The molecule has 3 aliphatic rings. The molecule has 0 N–H and O–H groups in total. The summed E-state index contributed by atoms with van der Waals surface area (Å²) in [5.41, 5.74) is 0.0995. The van der Waals surface area contributed by atoms with E-state index in [1.807, 2.05) is 30.3 Å². The van der Waals surface area contributed by atoms with E-state index in [2.05, 4.69) is 0 Å². The average Bonchev–Trinajstić information content (AvgIpc) is 3.31. The van der Waals surface area contributed by atoms with Crippen molar-refractivity contribution in [1.82, 2.24) is 9.96 Å². The minimum atomic E-state index is -1.07. The zero-order chi connectivity index (χ0) is 25.5. The number of likely N-dealkylation sites (tertiary alicyclic amines) is 1. The maximum atomic E-state index is 13.1. The van der Waals surface area contributed by atoms with E-state index in [9.17, 15) is 14.4 Å². The molecule has 1 aromatic rings. The third-order valence-corrected chi connectivity index (χ3v) is 6.11. The number of hydrogen-bond acceptors (Lipinski definition) is 8. The molecule has 3 heterocycles. The van der Waals surface area contributed by atoms with Gasteiger partial charge in [-0.05, 0) is 53.5 Å². The number of hydroxylamine groups is 2. The van der Waals surface area contributed by atoms with Crippen molar-refractivity contribution in [3.63, 3.8) is 0 Å². The van der Waals surface area contributed by atoms with Crippen molar-refractivity contribution >= 4 is 18.0 Å². The van der Waals surface area contributed by atoms with E-state index < -0.39 is 54.0 Å². The number of esters is 1. The fourth-order valence-corrected chi connectivity index (χ4v) is 4.64. The van der Waals surface area contributed by atoms with Crippen LogP contribution in [0.4, 0.5) is 4.79 Å². The van der Waals surface area contributed by atoms with Crippen LogP contribution in [0.5, 0.6) is 0 Å². The molecule has 3 saturated heterocycles. The summed E-state index contributed by atoms with van der Waals surface area (Å²) in [6.07, 6.45) is -2.69. The van der Waals surface area contributed by atoms with Gasteiger partial charge >= 0.3 is 12.1 Å². The minimum Gasteiger partial charge on any atom is -0.458 e. The van der Waals surface area contributed by atoms with Crippen LogP contribution in [0.3, 0.4) is 0 Å². The third kappa shape index (κ3) is 5.44. The molecule has 0 saturated carbocycles. The lowest BCUT2D eigenvalue weighted by Crippen LogP contribution is -2.65. The molecule has 5 atom stereocenters. The van der Waals surface area contributed by atoms with Crippen LogP contribution in [0, 0.1) is 0 Å². The predicted molar refractivity (Wildman–Crippen MR) is 122 cm³/mol. The molecule has 192 valence electrons. The summed E-state index contributed by atoms with van der Waals surface area (Å²) in [5.74, 6) is -1.79. The summed E-state index contributed by atoms with van der Waals surface area (Å²) in [7, 11) is 0. The van der Waals surface area contributed by atoms with Gasteiger partial charge in [0.15, 0.2) is 12.0 Å². The Hall–Kier alpha value is -2.69. The van der Waals surface area contributed by atoms with Gasteiger partial charge in [0.05, 0.1) is 6.04 Å². The summed E-state index contributed by atoms with van der Waals surface area (Å²) >= 11 is 0. The number of fused-ring (bicyclic) bond motifs is 1. The Bertz CT molecular complexity index is 960. The molecule has 0 radical (unpaired) electrons. The highest BCUT2D eigenvalue weighted by atomic mass is 16.8. The van der Waals surface area contributed by atoms with Crippen molar-refractivity contribution in [2.45, 2.75) is 103 Å². The third-order valence-electron chi connectivity index (χ3n) is 6.11. The van der Waals surface area contributed by atoms with E-state index in [-0.39, 0.29) is 25.4 Å². The Labute approximate surface area is 205 Å². The molecule has 2 amide bonds. The number of benzene rings is 1. The maximum absolute atomic E-state index is 13.1. The number of rotatable bonds is 4. The number of ether oxygens (including phenoxy) is 4. The second-order valence-electron chi connectivity index (χ2n) is 10.6. The van der Waals surface area contributed by atoms with E-state index in [0.29, 0.717) is 0 Å². The molecule has 3 aliphatic heterocycles. The van der Waals surface area contributed by atoms with Crippen LogP contribution >= 0.6 is 0 Å². The first-order valence-corrected chi connectivity index (χ1v) is 11.9. The number of carbonyl (C=O) groups excluding carboxylic acids is 3. The van der Waals surface area contributed by atoms with Crippen LogP contribution in [0.15, 0.2) is 30.3 Å². The first-order chi connectivity index (χ1) is 16.4. The van der Waals surface area contributed by atoms with E-state index in [1.165, 1.54) is 4.90 Å². The fourth-order valence-electron chi connectivity index (χ4n) is 4.64. The van der Waals surface area contributed by atoms with Gasteiger partial charge in [0.1, 0.15) is 30.5 Å². The van der Waals surface area contributed by atoms with Crippen molar-refractivity contribution in [3.05, 3.63) is 35.9 Å². The smallest absolute Gasteiger partial charge is 0.434 e. The molecule has 10 nitrogen and oxygen atoms in total. The van der Waals surface area contributed by atoms with Gasteiger partial charge in [0.2, 0.25) is 5.91 Å². The Morgan fingerprint density at radius 2 is 1.77 bits per heavy atom. The van der Waals surface area contributed by atoms with Crippen LogP contribution in [-0.4, -0.2) is 69.8 Å². The predicted octanol–water partition coefficient (Wildman–Crippen LogP) is 3.14. The van der Waals surface area contributed by atoms with E-state index in [4.69, 9.17) is 23.8 Å². The Morgan fingerprint density at radius 3 is 2.43 bits per heavy atom. The SMILES string of the molecule is C[C@H]1[C@@H]2OC(C)(C)O[C@@H]2[C@@H](N2C(=O)CC[C@H]2C(=O)OC(C)(C)C)ON1C(=O)OCc1ccccc1. The molecule has 0 aromatic heterocycles. The molecule has 0 aliphatic carbocycles. The summed E-state index contributed by atoms with van der Waals surface area (Å²) in [5, 5.41) is 1.08. The zero-order valence-corrected chi connectivity index (χ0v) is 21.1. The molecule has 0 unspecified atom stereocenters. The van der Waals surface area contributed by atoms with Gasteiger partial charge in [-0.15, -0.1) is 0 Å². The van der Waals surface area contributed by atoms with Crippen molar-refractivity contribution in [2.75, 3.05) is 0 Å². The highest BCUT2D eigenvalue weighted by Crippen LogP contribution is 2.41. The second kappa shape index (κ2) is 9.40. The summed E-state index contributed by atoms with van der Waals surface area (Å²) in [6.45, 7) is 10.6. The van der Waals surface area contributed by atoms with Crippen molar-refractivity contribution in [2.24, 2.45) is 0 Å². The number of carbonyl (C=O) groups is 3. The molecule has 4 rings (SSSR count). The maximum Gasteiger partial charge on any atom is 0.434 e. The average molecular weight is 491 g/mol. The Balaban J connectivity index is 1.58. The van der Waals surface area contributed by atoms with E-state index >= 15 is 0 Å². The van der Waals surface area contributed by atoms with Gasteiger partial charge in [-0.2, -0.15) is 5.06 Å². The molecule has 3 fully saturated rings. The van der Waals surface area contributed by atoms with Crippen molar-refractivity contribution in [1.29, 1.82) is 0 Å². The number of nitrogens with zero attached hydrogens (tertiary/aromatic N) is 2. The van der Waals surface area contributed by atoms with Gasteiger partial charge in [-0.1, -0.05) is 30.3 Å². The summed E-state index contributed by atoms with van der Waals surface area (Å²) in [4.78, 5) is 46.4. The van der Waals surface area contributed by atoms with Gasteiger partial charge in [-0.3, -0.25) is 9.69 Å². The summed E-state index contributed by atoms with van der Waals surface area (Å²) in [6, 6.07) is 7.83. The quantitative estimate of drug-likeness (QED) is 0.593. The Kier molecular flexibility index (Phi) is 6.82. The van der Waals surface area contributed by atoms with Crippen LogP contribution in [-0.2, 0) is 40.0 Å². The van der Waals surface area contributed by atoms with Crippen molar-refractivity contribution in [3.8, 4) is 0 Å². The van der Waals surface area contributed by atoms with Gasteiger partial charge in [0.25, 0.3) is 0 Å². The number of hydrogen-bond donors (Lipinski definition) is 0. The highest BCUT2D eigenvalue weighted by Gasteiger charge is 2.59. The Morgan fingerprint density at radius 1 is 1.11 bits per heavy atom. The van der Waals surface area contributed by atoms with Crippen LogP contribution in [0.25, 0.3) is 0 Å². The fraction of sp³-hybridized carbons (Fsp3) is 0.640. The van der Waals surface area contributed by atoms with Crippen LogP contribution in [0.2, 0.25) is 0 Å². The molecular weight excluding hydrogens is 456 g/mol. The largest absolute Gasteiger partial charge is 0.458 e. The summed E-state index contributed by atoms with van der Waals surface area (Å²) < 4.78 is 23.3. The second-order valence-corrected chi connectivity index (χ2v) is 10.6. The van der Waals surface area contributed by atoms with Crippen molar-refractivity contribution < 1.29 is 38.2 Å². The van der Waals surface area contributed by atoms with Gasteiger partial charge < -0.3 is 18.9 Å². The molecule has 0 bridgehead atoms.